The number of aromatic amines is 1. The molecule has 0 saturated carbocycles. The number of unbranched alkanes of at least 4 members (excludes halogenated alkanes) is 1. The fourth-order valence-corrected chi connectivity index (χ4v) is 4.12. The first-order valence-electron chi connectivity index (χ1n) is 9.35. The molecular formula is C22H26BrClN2. The van der Waals surface area contributed by atoms with Crippen molar-refractivity contribution in [2.24, 2.45) is 5.73 Å². The van der Waals surface area contributed by atoms with Gasteiger partial charge in [0.1, 0.15) is 0 Å². The van der Waals surface area contributed by atoms with Gasteiger partial charge in [-0.15, -0.1) is 0 Å². The molecule has 0 bridgehead atoms. The maximum absolute atomic E-state index is 6.56. The number of aromatic nitrogens is 1. The second-order valence-corrected chi connectivity index (χ2v) is 8.25. The molecule has 1 unspecified atom stereocenters. The summed E-state index contributed by atoms with van der Waals surface area (Å²) >= 11 is 10.1. The zero-order valence-corrected chi connectivity index (χ0v) is 17.8. The Balaban J connectivity index is 2.22. The summed E-state index contributed by atoms with van der Waals surface area (Å²) in [7, 11) is 0. The van der Waals surface area contributed by atoms with E-state index in [9.17, 15) is 0 Å². The fraction of sp³-hybridized carbons (Fsp3) is 0.364. The molecular weight excluding hydrogens is 408 g/mol. The molecule has 0 saturated heterocycles. The smallest absolute Gasteiger partial charge is 0.0512 e. The van der Waals surface area contributed by atoms with Crippen molar-refractivity contribution in [3.05, 3.63) is 57.0 Å². The first-order valence-corrected chi connectivity index (χ1v) is 10.5. The third-order valence-electron chi connectivity index (χ3n) is 5.20. The van der Waals surface area contributed by atoms with E-state index in [1.807, 2.05) is 12.1 Å². The minimum Gasteiger partial charge on any atom is -0.354 e. The van der Waals surface area contributed by atoms with Gasteiger partial charge in [0.15, 0.2) is 0 Å². The Hall–Kier alpha value is -1.29. The highest BCUT2D eigenvalue weighted by Gasteiger charge is 2.18. The van der Waals surface area contributed by atoms with E-state index >= 15 is 0 Å². The van der Waals surface area contributed by atoms with Gasteiger partial charge in [0, 0.05) is 26.0 Å². The molecule has 4 heteroatoms. The van der Waals surface area contributed by atoms with Crippen molar-refractivity contribution >= 4 is 38.4 Å². The molecule has 0 aliphatic carbocycles. The minimum absolute atomic E-state index is 0.514. The largest absolute Gasteiger partial charge is 0.354 e. The predicted molar refractivity (Wildman–Crippen MR) is 117 cm³/mol. The van der Waals surface area contributed by atoms with Gasteiger partial charge in [0.25, 0.3) is 0 Å². The number of hydrogen-bond donors (Lipinski definition) is 2. The highest BCUT2D eigenvalue weighted by Crippen LogP contribution is 2.39. The highest BCUT2D eigenvalue weighted by atomic mass is 79.9. The second-order valence-electron chi connectivity index (χ2n) is 6.93. The molecule has 138 valence electrons. The molecule has 0 spiro atoms. The van der Waals surface area contributed by atoms with Gasteiger partial charge in [-0.2, -0.15) is 0 Å². The quantitative estimate of drug-likeness (QED) is 0.385. The Morgan fingerprint density at radius 2 is 2.00 bits per heavy atom. The van der Waals surface area contributed by atoms with Crippen LogP contribution in [0.2, 0.25) is 5.02 Å². The molecule has 1 atom stereocenters. The maximum Gasteiger partial charge on any atom is 0.0512 e. The van der Waals surface area contributed by atoms with Gasteiger partial charge in [-0.05, 0) is 67.5 Å². The molecule has 1 heterocycles. The topological polar surface area (TPSA) is 41.8 Å². The molecule has 0 radical (unpaired) electrons. The van der Waals surface area contributed by atoms with Gasteiger partial charge in [0.05, 0.1) is 5.69 Å². The molecule has 0 aliphatic heterocycles. The lowest BCUT2D eigenvalue weighted by Crippen LogP contribution is -1.99. The van der Waals surface area contributed by atoms with Gasteiger partial charge >= 0.3 is 0 Å². The standard InChI is InChI=1S/C22H26BrClN2/c1-3-14(2)16-8-6-9-18-17(7-4-5-12-25)22(26-21(16)18)19-13-15(23)10-11-20(19)24/h6,8-11,13-14,26H,3-5,7,12,25H2,1-2H3. The van der Waals surface area contributed by atoms with E-state index in [0.29, 0.717) is 5.92 Å². The number of para-hydroxylation sites is 1. The number of halogens is 2. The summed E-state index contributed by atoms with van der Waals surface area (Å²) < 4.78 is 1.03. The van der Waals surface area contributed by atoms with E-state index in [-0.39, 0.29) is 0 Å². The van der Waals surface area contributed by atoms with Gasteiger partial charge in [0.2, 0.25) is 0 Å². The molecule has 0 fully saturated rings. The predicted octanol–water partition coefficient (Wildman–Crippen LogP) is 7.05. The van der Waals surface area contributed by atoms with Gasteiger partial charge in [-0.3, -0.25) is 0 Å². The van der Waals surface area contributed by atoms with Crippen LogP contribution in [0.3, 0.4) is 0 Å². The van der Waals surface area contributed by atoms with E-state index in [1.165, 1.54) is 22.0 Å². The van der Waals surface area contributed by atoms with Crippen LogP contribution in [-0.2, 0) is 6.42 Å². The number of H-pyrrole nitrogens is 1. The molecule has 3 aromatic rings. The van der Waals surface area contributed by atoms with E-state index in [1.54, 1.807) is 0 Å². The number of nitrogens with two attached hydrogens (primary N) is 1. The number of rotatable bonds is 7. The normalized spacial score (nSPS) is 12.7. The Morgan fingerprint density at radius 3 is 2.73 bits per heavy atom. The SMILES string of the molecule is CCC(C)c1cccc2c(CCCCN)c(-c3cc(Br)ccc3Cl)[nH]c12. The monoisotopic (exact) mass is 432 g/mol. The molecule has 3 rings (SSSR count). The summed E-state index contributed by atoms with van der Waals surface area (Å²) in [4.78, 5) is 3.72. The first kappa shape index (κ1) is 19.5. The van der Waals surface area contributed by atoms with E-state index in [0.717, 1.165) is 53.0 Å². The lowest BCUT2D eigenvalue weighted by atomic mass is 9.94. The van der Waals surface area contributed by atoms with Crippen LogP contribution in [-0.4, -0.2) is 11.5 Å². The molecule has 0 amide bonds. The average molecular weight is 434 g/mol. The van der Waals surface area contributed by atoms with Crippen molar-refractivity contribution in [1.29, 1.82) is 0 Å². The molecule has 0 aliphatic rings. The first-order chi connectivity index (χ1) is 12.6. The maximum atomic E-state index is 6.56. The summed E-state index contributed by atoms with van der Waals surface area (Å²) in [6, 6.07) is 12.7. The van der Waals surface area contributed by atoms with Gasteiger partial charge < -0.3 is 10.7 Å². The van der Waals surface area contributed by atoms with Crippen molar-refractivity contribution < 1.29 is 0 Å². The van der Waals surface area contributed by atoms with Crippen molar-refractivity contribution in [2.45, 2.75) is 45.4 Å². The van der Waals surface area contributed by atoms with E-state index < -0.39 is 0 Å². The van der Waals surface area contributed by atoms with Gasteiger partial charge in [-0.1, -0.05) is 59.6 Å². The summed E-state index contributed by atoms with van der Waals surface area (Å²) in [5, 5.41) is 2.08. The number of hydrogen-bond acceptors (Lipinski definition) is 1. The second kappa shape index (κ2) is 8.60. The lowest BCUT2D eigenvalue weighted by Gasteiger charge is -2.10. The van der Waals surface area contributed by atoms with Crippen LogP contribution in [0.5, 0.6) is 0 Å². The number of fused-ring (bicyclic) bond motifs is 1. The summed E-state index contributed by atoms with van der Waals surface area (Å²) in [6.45, 7) is 5.25. The van der Waals surface area contributed by atoms with Crippen LogP contribution in [0.15, 0.2) is 40.9 Å². The van der Waals surface area contributed by atoms with Crippen molar-refractivity contribution in [1.82, 2.24) is 4.98 Å². The van der Waals surface area contributed by atoms with E-state index in [2.05, 4.69) is 59.0 Å². The molecule has 26 heavy (non-hydrogen) atoms. The Bertz CT molecular complexity index is 901. The minimum atomic E-state index is 0.514. The number of nitrogens with one attached hydrogen (secondary N) is 1. The van der Waals surface area contributed by atoms with Crippen LogP contribution < -0.4 is 5.73 Å². The van der Waals surface area contributed by atoms with Crippen LogP contribution in [0.25, 0.3) is 22.2 Å². The summed E-state index contributed by atoms with van der Waals surface area (Å²) in [5.74, 6) is 0.514. The van der Waals surface area contributed by atoms with Crippen LogP contribution >= 0.6 is 27.5 Å². The van der Waals surface area contributed by atoms with Gasteiger partial charge in [-0.25, -0.2) is 0 Å². The summed E-state index contributed by atoms with van der Waals surface area (Å²) in [6.07, 6.45) is 4.23. The highest BCUT2D eigenvalue weighted by molar-refractivity contribution is 9.10. The van der Waals surface area contributed by atoms with Crippen molar-refractivity contribution in [2.75, 3.05) is 6.54 Å². The average Bonchev–Trinajstić information content (AvgIpc) is 3.02. The summed E-state index contributed by atoms with van der Waals surface area (Å²) in [5.41, 5.74) is 11.9. The fourth-order valence-electron chi connectivity index (χ4n) is 3.55. The number of aryl methyl sites for hydroxylation is 1. The third kappa shape index (κ3) is 3.85. The zero-order valence-electron chi connectivity index (χ0n) is 15.4. The zero-order chi connectivity index (χ0) is 18.7. The van der Waals surface area contributed by atoms with Crippen LogP contribution in [0, 0.1) is 0 Å². The molecule has 1 aromatic heterocycles. The third-order valence-corrected chi connectivity index (χ3v) is 6.02. The van der Waals surface area contributed by atoms with Crippen LogP contribution in [0.1, 0.15) is 50.2 Å². The number of benzene rings is 2. The Morgan fingerprint density at radius 1 is 1.19 bits per heavy atom. The van der Waals surface area contributed by atoms with E-state index in [4.69, 9.17) is 17.3 Å². The Labute approximate surface area is 169 Å². The molecule has 3 N–H and O–H groups in total. The molecule has 2 aromatic carbocycles. The molecule has 2 nitrogen and oxygen atoms in total. The van der Waals surface area contributed by atoms with Crippen molar-refractivity contribution in [3.63, 3.8) is 0 Å². The Kier molecular flexibility index (Phi) is 6.44. The lowest BCUT2D eigenvalue weighted by molar-refractivity contribution is 0.738. The van der Waals surface area contributed by atoms with Crippen LogP contribution in [0.4, 0.5) is 0 Å². The van der Waals surface area contributed by atoms with Crippen molar-refractivity contribution in [3.8, 4) is 11.3 Å².